The van der Waals surface area contributed by atoms with E-state index in [4.69, 9.17) is 15.8 Å². The maximum atomic E-state index is 12.8. The zero-order valence-corrected chi connectivity index (χ0v) is 14.8. The van der Waals surface area contributed by atoms with Crippen molar-refractivity contribution < 1.29 is 17.4 Å². The maximum absolute atomic E-state index is 12.8. The van der Waals surface area contributed by atoms with E-state index in [2.05, 4.69) is 5.32 Å². The summed E-state index contributed by atoms with van der Waals surface area (Å²) in [5, 5.41) is 4.08. The molecular weight excluding hydrogens is 362 g/mol. The van der Waals surface area contributed by atoms with E-state index in [0.717, 1.165) is 0 Å². The van der Waals surface area contributed by atoms with Gasteiger partial charge in [0.1, 0.15) is 4.90 Å². The first-order valence-corrected chi connectivity index (χ1v) is 9.15. The molecule has 0 aliphatic carbocycles. The van der Waals surface area contributed by atoms with Crippen LogP contribution in [0.5, 0.6) is 5.75 Å². The molecule has 0 aliphatic rings. The summed E-state index contributed by atoms with van der Waals surface area (Å²) in [5.74, 6) is -0.290. The van der Waals surface area contributed by atoms with Crippen LogP contribution in [-0.4, -0.2) is 14.3 Å². The minimum Gasteiger partial charge on any atom is -0.377 e. The van der Waals surface area contributed by atoms with Gasteiger partial charge in [0.25, 0.3) is 0 Å². The van der Waals surface area contributed by atoms with Crippen molar-refractivity contribution in [2.45, 2.75) is 11.8 Å². The Morgan fingerprint density at radius 3 is 2.32 bits per heavy atom. The van der Waals surface area contributed by atoms with Crippen LogP contribution in [0.1, 0.15) is 6.92 Å². The highest BCUT2D eigenvalue weighted by molar-refractivity contribution is 7.87. The number of carbonyl (C=O) groups is 1. The molecule has 128 valence electrons. The quantitative estimate of drug-likeness (QED) is 0.693. The van der Waals surface area contributed by atoms with E-state index in [-0.39, 0.29) is 22.2 Å². The first-order chi connectivity index (χ1) is 11.9. The Kier molecular flexibility index (Phi) is 4.65. The average Bonchev–Trinajstić information content (AvgIpc) is 2.56. The number of fused-ring (bicyclic) bond motifs is 1. The number of rotatable bonds is 4. The molecule has 3 aromatic rings. The Morgan fingerprint density at radius 2 is 1.60 bits per heavy atom. The fraction of sp³-hybridized carbons (Fsp3) is 0.0556. The number of carbonyl (C=O) groups excluding carboxylic acids is 1. The average molecular weight is 376 g/mol. The highest BCUT2D eigenvalue weighted by Crippen LogP contribution is 2.32. The van der Waals surface area contributed by atoms with Crippen molar-refractivity contribution in [3.8, 4) is 5.75 Å². The van der Waals surface area contributed by atoms with Crippen molar-refractivity contribution in [3.05, 3.63) is 65.7 Å². The number of amides is 1. The van der Waals surface area contributed by atoms with Gasteiger partial charge in [-0.15, -0.1) is 0 Å². The van der Waals surface area contributed by atoms with Gasteiger partial charge in [-0.05, 0) is 24.3 Å². The van der Waals surface area contributed by atoms with Gasteiger partial charge >= 0.3 is 10.1 Å². The van der Waals surface area contributed by atoms with Crippen LogP contribution in [0, 0.1) is 0 Å². The van der Waals surface area contributed by atoms with Crippen molar-refractivity contribution in [1.29, 1.82) is 0 Å². The number of anilines is 1. The molecular formula is C18H14ClNO4S. The lowest BCUT2D eigenvalue weighted by Crippen LogP contribution is -2.13. The lowest BCUT2D eigenvalue weighted by molar-refractivity contribution is -0.114. The predicted octanol–water partition coefficient (Wildman–Crippen LogP) is 4.22. The van der Waals surface area contributed by atoms with E-state index in [1.807, 2.05) is 0 Å². The third-order valence-electron chi connectivity index (χ3n) is 3.50. The number of nitrogens with one attached hydrogen (secondary N) is 1. The molecule has 25 heavy (non-hydrogen) atoms. The number of hydrogen-bond donors (Lipinski definition) is 1. The molecule has 0 spiro atoms. The fourth-order valence-corrected chi connectivity index (χ4v) is 3.83. The van der Waals surface area contributed by atoms with Gasteiger partial charge in [-0.1, -0.05) is 48.0 Å². The van der Waals surface area contributed by atoms with Crippen LogP contribution in [0.3, 0.4) is 0 Å². The van der Waals surface area contributed by atoms with E-state index < -0.39 is 10.1 Å². The lowest BCUT2D eigenvalue weighted by atomic mass is 10.1. The predicted molar refractivity (Wildman–Crippen MR) is 97.5 cm³/mol. The molecule has 0 heterocycles. The molecule has 3 rings (SSSR count). The van der Waals surface area contributed by atoms with Crippen molar-refractivity contribution >= 4 is 44.1 Å². The van der Waals surface area contributed by atoms with Crippen LogP contribution in [0.15, 0.2) is 65.6 Å². The maximum Gasteiger partial charge on any atom is 0.339 e. The fourth-order valence-electron chi connectivity index (χ4n) is 2.45. The minimum atomic E-state index is -4.12. The zero-order chi connectivity index (χ0) is 18.0. The van der Waals surface area contributed by atoms with Crippen molar-refractivity contribution in [3.63, 3.8) is 0 Å². The van der Waals surface area contributed by atoms with Crippen LogP contribution < -0.4 is 9.50 Å². The summed E-state index contributed by atoms with van der Waals surface area (Å²) in [6.07, 6.45) is 0. The molecule has 5 nitrogen and oxygen atoms in total. The van der Waals surface area contributed by atoms with E-state index >= 15 is 0 Å². The molecule has 0 saturated heterocycles. The second-order valence-corrected chi connectivity index (χ2v) is 7.23. The first kappa shape index (κ1) is 17.3. The van der Waals surface area contributed by atoms with E-state index in [0.29, 0.717) is 15.8 Å². The van der Waals surface area contributed by atoms with Crippen LogP contribution in [0.2, 0.25) is 5.02 Å². The van der Waals surface area contributed by atoms with Crippen LogP contribution in [0.4, 0.5) is 5.69 Å². The molecule has 0 unspecified atom stereocenters. The Morgan fingerprint density at radius 1 is 0.960 bits per heavy atom. The normalized spacial score (nSPS) is 11.3. The summed E-state index contributed by atoms with van der Waals surface area (Å²) in [5.41, 5.74) is 0.275. The summed E-state index contributed by atoms with van der Waals surface area (Å²) in [6.45, 7) is 1.33. The standard InChI is InChI=1S/C18H14ClNO4S/c1-12(21)20-16-8-4-5-9-17(16)24-25(22,23)18-11-10-15(19)13-6-2-3-7-14(13)18/h2-11H,1H3,(H,20,21). The summed E-state index contributed by atoms with van der Waals surface area (Å²) in [6, 6.07) is 16.1. The molecule has 0 aromatic heterocycles. The smallest absolute Gasteiger partial charge is 0.339 e. The Bertz CT molecular complexity index is 1060. The highest BCUT2D eigenvalue weighted by Gasteiger charge is 2.22. The molecule has 1 N–H and O–H groups in total. The lowest BCUT2D eigenvalue weighted by Gasteiger charge is -2.13. The Hall–Kier alpha value is -2.57. The topological polar surface area (TPSA) is 72.5 Å². The molecule has 0 radical (unpaired) electrons. The largest absolute Gasteiger partial charge is 0.377 e. The Balaban J connectivity index is 2.08. The first-order valence-electron chi connectivity index (χ1n) is 7.37. The second-order valence-electron chi connectivity index (χ2n) is 5.31. The van der Waals surface area contributed by atoms with Crippen molar-refractivity contribution in [2.24, 2.45) is 0 Å². The minimum absolute atomic E-state index is 0.00475. The van der Waals surface area contributed by atoms with Gasteiger partial charge in [0, 0.05) is 22.7 Å². The molecule has 1 amide bonds. The second kappa shape index (κ2) is 6.74. The number of hydrogen-bond acceptors (Lipinski definition) is 4. The van der Waals surface area contributed by atoms with Gasteiger partial charge in [-0.2, -0.15) is 8.42 Å². The van der Waals surface area contributed by atoms with Crippen molar-refractivity contribution in [2.75, 3.05) is 5.32 Å². The summed E-state index contributed by atoms with van der Waals surface area (Å²) < 4.78 is 30.9. The SMILES string of the molecule is CC(=O)Nc1ccccc1OS(=O)(=O)c1ccc(Cl)c2ccccc12. The summed E-state index contributed by atoms with van der Waals surface area (Å²) >= 11 is 6.14. The van der Waals surface area contributed by atoms with Crippen molar-refractivity contribution in [1.82, 2.24) is 0 Å². The van der Waals surface area contributed by atoms with E-state index in [9.17, 15) is 13.2 Å². The van der Waals surface area contributed by atoms with Gasteiger partial charge < -0.3 is 9.50 Å². The molecule has 0 saturated carbocycles. The highest BCUT2D eigenvalue weighted by atomic mass is 35.5. The number of para-hydroxylation sites is 2. The van der Waals surface area contributed by atoms with Gasteiger partial charge in [-0.25, -0.2) is 0 Å². The van der Waals surface area contributed by atoms with E-state index in [1.165, 1.54) is 25.1 Å². The summed E-state index contributed by atoms with van der Waals surface area (Å²) in [4.78, 5) is 11.3. The molecule has 0 atom stereocenters. The van der Waals surface area contributed by atoms with E-state index in [1.54, 1.807) is 42.5 Å². The molecule has 0 bridgehead atoms. The third kappa shape index (κ3) is 3.60. The molecule has 7 heteroatoms. The van der Waals surface area contributed by atoms with Crippen LogP contribution >= 0.6 is 11.6 Å². The Labute approximate surface area is 150 Å². The van der Waals surface area contributed by atoms with Crippen LogP contribution in [-0.2, 0) is 14.9 Å². The molecule has 0 aliphatic heterocycles. The van der Waals surface area contributed by atoms with Gasteiger partial charge in [0.15, 0.2) is 5.75 Å². The molecule has 0 fully saturated rings. The van der Waals surface area contributed by atoms with Gasteiger partial charge in [0.2, 0.25) is 5.91 Å². The monoisotopic (exact) mass is 375 g/mol. The van der Waals surface area contributed by atoms with Gasteiger partial charge in [-0.3, -0.25) is 4.79 Å². The third-order valence-corrected chi connectivity index (χ3v) is 5.12. The zero-order valence-electron chi connectivity index (χ0n) is 13.2. The number of benzene rings is 3. The molecule has 3 aromatic carbocycles. The number of halogens is 1. The summed E-state index contributed by atoms with van der Waals surface area (Å²) in [7, 11) is -4.12. The van der Waals surface area contributed by atoms with Crippen LogP contribution in [0.25, 0.3) is 10.8 Å². The van der Waals surface area contributed by atoms with Gasteiger partial charge in [0.05, 0.1) is 5.69 Å².